The van der Waals surface area contributed by atoms with Crippen LogP contribution in [0.2, 0.25) is 0 Å². The zero-order valence-electron chi connectivity index (χ0n) is 9.34. The van der Waals surface area contributed by atoms with Crippen molar-refractivity contribution in [1.82, 2.24) is 10.2 Å². The third kappa shape index (κ3) is 3.28. The van der Waals surface area contributed by atoms with Gasteiger partial charge in [-0.15, -0.1) is 0 Å². The second-order valence-corrected chi connectivity index (χ2v) is 4.15. The maximum absolute atomic E-state index is 3.54. The van der Waals surface area contributed by atoms with Crippen LogP contribution < -0.4 is 5.32 Å². The molecule has 1 rings (SSSR count). The van der Waals surface area contributed by atoms with Crippen LogP contribution in [-0.4, -0.2) is 36.6 Å². The van der Waals surface area contributed by atoms with Crippen molar-refractivity contribution >= 4 is 0 Å². The van der Waals surface area contributed by atoms with E-state index in [1.54, 1.807) is 0 Å². The van der Waals surface area contributed by atoms with Crippen LogP contribution in [-0.2, 0) is 0 Å². The predicted octanol–water partition coefficient (Wildman–Crippen LogP) is 1.86. The first-order valence-electron chi connectivity index (χ1n) is 5.75. The van der Waals surface area contributed by atoms with E-state index in [-0.39, 0.29) is 0 Å². The molecule has 0 bridgehead atoms. The standard InChI is InChI=1S/C11H24N2/c1-4-11(12-5-2)9-13-8-6-7-10(13)3/h10-12H,4-9H2,1-3H3. The molecular weight excluding hydrogens is 160 g/mol. The molecule has 1 heterocycles. The Morgan fingerprint density at radius 2 is 2.23 bits per heavy atom. The SMILES string of the molecule is CCNC(CC)CN1CCCC1C. The molecule has 0 saturated carbocycles. The van der Waals surface area contributed by atoms with E-state index in [4.69, 9.17) is 0 Å². The Morgan fingerprint density at radius 1 is 1.46 bits per heavy atom. The maximum atomic E-state index is 3.54. The summed E-state index contributed by atoms with van der Waals surface area (Å²) in [6, 6.07) is 1.51. The molecule has 1 fully saturated rings. The lowest BCUT2D eigenvalue weighted by molar-refractivity contribution is 0.234. The van der Waals surface area contributed by atoms with Gasteiger partial charge < -0.3 is 5.32 Å². The zero-order chi connectivity index (χ0) is 9.68. The first-order valence-corrected chi connectivity index (χ1v) is 5.75. The van der Waals surface area contributed by atoms with E-state index in [2.05, 4.69) is 31.0 Å². The summed E-state index contributed by atoms with van der Waals surface area (Å²) >= 11 is 0. The van der Waals surface area contributed by atoms with Crippen LogP contribution in [0.4, 0.5) is 0 Å². The lowest BCUT2D eigenvalue weighted by atomic mass is 10.2. The molecule has 0 aromatic rings. The summed E-state index contributed by atoms with van der Waals surface area (Å²) in [6.07, 6.45) is 4.03. The third-order valence-corrected chi connectivity index (χ3v) is 3.13. The highest BCUT2D eigenvalue weighted by Gasteiger charge is 2.21. The summed E-state index contributed by atoms with van der Waals surface area (Å²) in [5.74, 6) is 0. The van der Waals surface area contributed by atoms with Gasteiger partial charge >= 0.3 is 0 Å². The molecule has 0 aliphatic carbocycles. The normalized spacial score (nSPS) is 26.5. The number of rotatable bonds is 5. The number of likely N-dealkylation sites (tertiary alicyclic amines) is 1. The van der Waals surface area contributed by atoms with Gasteiger partial charge in [-0.2, -0.15) is 0 Å². The van der Waals surface area contributed by atoms with Crippen molar-refractivity contribution < 1.29 is 0 Å². The Morgan fingerprint density at radius 3 is 2.69 bits per heavy atom. The van der Waals surface area contributed by atoms with Gasteiger partial charge in [-0.05, 0) is 39.3 Å². The van der Waals surface area contributed by atoms with E-state index in [0.29, 0.717) is 6.04 Å². The van der Waals surface area contributed by atoms with Crippen molar-refractivity contribution in [1.29, 1.82) is 0 Å². The highest BCUT2D eigenvalue weighted by molar-refractivity contribution is 4.79. The second kappa shape index (κ2) is 5.61. The van der Waals surface area contributed by atoms with Crippen molar-refractivity contribution in [2.75, 3.05) is 19.6 Å². The molecule has 1 aliphatic heterocycles. The van der Waals surface area contributed by atoms with Crippen LogP contribution in [0.15, 0.2) is 0 Å². The van der Waals surface area contributed by atoms with E-state index in [0.717, 1.165) is 12.6 Å². The summed E-state index contributed by atoms with van der Waals surface area (Å²) in [5.41, 5.74) is 0. The molecule has 1 saturated heterocycles. The van der Waals surface area contributed by atoms with Crippen LogP contribution in [0.3, 0.4) is 0 Å². The van der Waals surface area contributed by atoms with Crippen molar-refractivity contribution in [2.24, 2.45) is 0 Å². The Balaban J connectivity index is 2.27. The fourth-order valence-electron chi connectivity index (χ4n) is 2.17. The van der Waals surface area contributed by atoms with Gasteiger partial charge in [-0.1, -0.05) is 13.8 Å². The van der Waals surface area contributed by atoms with Crippen LogP contribution in [0.25, 0.3) is 0 Å². The first kappa shape index (κ1) is 11.0. The van der Waals surface area contributed by atoms with Gasteiger partial charge in [0.05, 0.1) is 0 Å². The monoisotopic (exact) mass is 184 g/mol. The number of nitrogens with one attached hydrogen (secondary N) is 1. The maximum Gasteiger partial charge on any atom is 0.0192 e. The zero-order valence-corrected chi connectivity index (χ0v) is 9.34. The van der Waals surface area contributed by atoms with Crippen molar-refractivity contribution in [3.05, 3.63) is 0 Å². The first-order chi connectivity index (χ1) is 6.27. The van der Waals surface area contributed by atoms with E-state index in [9.17, 15) is 0 Å². The van der Waals surface area contributed by atoms with Crippen molar-refractivity contribution in [2.45, 2.75) is 52.1 Å². The molecule has 2 unspecified atom stereocenters. The Hall–Kier alpha value is -0.0800. The summed E-state index contributed by atoms with van der Waals surface area (Å²) in [6.45, 7) is 10.5. The largest absolute Gasteiger partial charge is 0.313 e. The average Bonchev–Trinajstić information content (AvgIpc) is 2.51. The van der Waals surface area contributed by atoms with E-state index in [1.165, 1.54) is 32.4 Å². The van der Waals surface area contributed by atoms with Gasteiger partial charge in [-0.3, -0.25) is 4.90 Å². The smallest absolute Gasteiger partial charge is 0.0192 e. The molecule has 0 aromatic heterocycles. The molecule has 78 valence electrons. The molecule has 1 aliphatic rings. The van der Waals surface area contributed by atoms with Crippen molar-refractivity contribution in [3.8, 4) is 0 Å². The lowest BCUT2D eigenvalue weighted by Crippen LogP contribution is -2.41. The highest BCUT2D eigenvalue weighted by Crippen LogP contribution is 2.16. The van der Waals surface area contributed by atoms with Crippen LogP contribution in [0.5, 0.6) is 0 Å². The van der Waals surface area contributed by atoms with Gasteiger partial charge in [0, 0.05) is 18.6 Å². The Bertz CT molecular complexity index is 136. The van der Waals surface area contributed by atoms with Gasteiger partial charge in [0.2, 0.25) is 0 Å². The van der Waals surface area contributed by atoms with Crippen LogP contribution in [0, 0.1) is 0 Å². The molecule has 0 aromatic carbocycles. The Kier molecular flexibility index (Phi) is 4.74. The fraction of sp³-hybridized carbons (Fsp3) is 1.00. The number of hydrogen-bond donors (Lipinski definition) is 1. The lowest BCUT2D eigenvalue weighted by Gasteiger charge is -2.26. The van der Waals surface area contributed by atoms with Gasteiger partial charge in [0.15, 0.2) is 0 Å². The minimum atomic E-state index is 0.700. The van der Waals surface area contributed by atoms with Crippen LogP contribution in [0.1, 0.15) is 40.0 Å². The molecule has 13 heavy (non-hydrogen) atoms. The molecule has 2 heteroatoms. The number of likely N-dealkylation sites (N-methyl/N-ethyl adjacent to an activating group) is 1. The minimum absolute atomic E-state index is 0.700. The van der Waals surface area contributed by atoms with E-state index < -0.39 is 0 Å². The van der Waals surface area contributed by atoms with E-state index in [1.807, 2.05) is 0 Å². The summed E-state index contributed by atoms with van der Waals surface area (Å²) in [7, 11) is 0. The fourth-order valence-corrected chi connectivity index (χ4v) is 2.17. The number of hydrogen-bond acceptors (Lipinski definition) is 2. The van der Waals surface area contributed by atoms with Gasteiger partial charge in [0.25, 0.3) is 0 Å². The quantitative estimate of drug-likeness (QED) is 0.701. The molecule has 0 radical (unpaired) electrons. The van der Waals surface area contributed by atoms with Crippen molar-refractivity contribution in [3.63, 3.8) is 0 Å². The topological polar surface area (TPSA) is 15.3 Å². The molecule has 1 N–H and O–H groups in total. The molecule has 0 spiro atoms. The molecular formula is C11H24N2. The summed E-state index contributed by atoms with van der Waals surface area (Å²) in [4.78, 5) is 2.62. The van der Waals surface area contributed by atoms with E-state index >= 15 is 0 Å². The average molecular weight is 184 g/mol. The minimum Gasteiger partial charge on any atom is -0.313 e. The second-order valence-electron chi connectivity index (χ2n) is 4.15. The molecule has 0 amide bonds. The third-order valence-electron chi connectivity index (χ3n) is 3.13. The van der Waals surface area contributed by atoms with Crippen LogP contribution >= 0.6 is 0 Å². The number of nitrogens with zero attached hydrogens (tertiary/aromatic N) is 1. The molecule has 2 nitrogen and oxygen atoms in total. The predicted molar refractivity (Wildman–Crippen MR) is 58.0 cm³/mol. The molecule has 2 atom stereocenters. The Labute approximate surface area is 82.7 Å². The van der Waals surface area contributed by atoms with Gasteiger partial charge in [-0.25, -0.2) is 0 Å². The summed E-state index contributed by atoms with van der Waals surface area (Å²) in [5, 5.41) is 3.54. The summed E-state index contributed by atoms with van der Waals surface area (Å²) < 4.78 is 0. The highest BCUT2D eigenvalue weighted by atomic mass is 15.2. The van der Waals surface area contributed by atoms with Gasteiger partial charge in [0.1, 0.15) is 0 Å².